The van der Waals surface area contributed by atoms with Gasteiger partial charge in [0.15, 0.2) is 0 Å². The van der Waals surface area contributed by atoms with Crippen LogP contribution in [0.1, 0.15) is 29.8 Å². The number of hydrogen-bond acceptors (Lipinski definition) is 2. The molecule has 0 saturated carbocycles. The van der Waals surface area contributed by atoms with Crippen molar-refractivity contribution in [2.45, 2.75) is 26.3 Å². The maximum Gasteiger partial charge on any atom is 0.254 e. The van der Waals surface area contributed by atoms with Gasteiger partial charge < -0.3 is 10.2 Å². The highest BCUT2D eigenvalue weighted by Gasteiger charge is 2.40. The number of nitrogens with zero attached hydrogens (tertiary/aromatic N) is 1. The Labute approximate surface area is 107 Å². The minimum atomic E-state index is -0.791. The van der Waals surface area contributed by atoms with E-state index in [1.807, 2.05) is 19.1 Å². The normalized spacial score (nSPS) is 18.4. The van der Waals surface area contributed by atoms with Gasteiger partial charge in [-0.25, -0.2) is 0 Å². The molecule has 1 fully saturated rings. The third kappa shape index (κ3) is 2.10. The molecular formula is C14H18N2O2. The lowest BCUT2D eigenvalue weighted by atomic mass is 9.97. The van der Waals surface area contributed by atoms with Gasteiger partial charge in [0.2, 0.25) is 5.91 Å². The van der Waals surface area contributed by atoms with Gasteiger partial charge in [-0.1, -0.05) is 17.7 Å². The molecule has 1 aliphatic heterocycles. The van der Waals surface area contributed by atoms with Crippen molar-refractivity contribution < 1.29 is 9.59 Å². The Morgan fingerprint density at radius 3 is 2.50 bits per heavy atom. The lowest BCUT2D eigenvalue weighted by Gasteiger charge is -2.41. The maximum absolute atomic E-state index is 12.4. The van der Waals surface area contributed by atoms with E-state index < -0.39 is 5.54 Å². The fourth-order valence-electron chi connectivity index (χ4n) is 2.11. The van der Waals surface area contributed by atoms with Gasteiger partial charge in [0.25, 0.3) is 5.91 Å². The van der Waals surface area contributed by atoms with Gasteiger partial charge in [0.1, 0.15) is 5.54 Å². The second-order valence-corrected chi connectivity index (χ2v) is 5.14. The zero-order valence-corrected chi connectivity index (χ0v) is 11.0. The zero-order valence-electron chi connectivity index (χ0n) is 11.0. The predicted octanol–water partition coefficient (Wildman–Crippen LogP) is 1.35. The Balaban J connectivity index is 2.28. The second-order valence-electron chi connectivity index (χ2n) is 5.14. The van der Waals surface area contributed by atoms with Crippen LogP contribution in [0.25, 0.3) is 0 Å². The Hall–Kier alpha value is -1.84. The second kappa shape index (κ2) is 4.44. The number of hydrogen-bond donors (Lipinski definition) is 1. The summed E-state index contributed by atoms with van der Waals surface area (Å²) in [5, 5.41) is 2.78. The van der Waals surface area contributed by atoms with E-state index in [4.69, 9.17) is 0 Å². The monoisotopic (exact) mass is 246 g/mol. The van der Waals surface area contributed by atoms with Crippen LogP contribution >= 0.6 is 0 Å². The van der Waals surface area contributed by atoms with Crippen molar-refractivity contribution in [2.75, 3.05) is 13.1 Å². The summed E-state index contributed by atoms with van der Waals surface area (Å²) in [6.07, 6.45) is 0. The number of rotatable bonds is 1. The average molecular weight is 246 g/mol. The number of carbonyl (C=O) groups is 2. The third-order valence-corrected chi connectivity index (χ3v) is 3.40. The standard InChI is InChI=1S/C14H18N2O2/c1-10-4-6-11(7-5-10)12(17)16-9-8-15-13(18)14(16,2)3/h4-7H,8-9H2,1-3H3,(H,15,18). The van der Waals surface area contributed by atoms with Gasteiger partial charge in [-0.3, -0.25) is 9.59 Å². The SMILES string of the molecule is Cc1ccc(C(=O)N2CCNC(=O)C2(C)C)cc1. The quantitative estimate of drug-likeness (QED) is 0.813. The smallest absolute Gasteiger partial charge is 0.254 e. The maximum atomic E-state index is 12.4. The van der Waals surface area contributed by atoms with E-state index >= 15 is 0 Å². The molecule has 0 aliphatic carbocycles. The molecule has 18 heavy (non-hydrogen) atoms. The van der Waals surface area contributed by atoms with Crippen molar-refractivity contribution in [3.05, 3.63) is 35.4 Å². The molecule has 0 bridgehead atoms. The van der Waals surface area contributed by atoms with Crippen LogP contribution in [0.2, 0.25) is 0 Å². The molecule has 4 heteroatoms. The number of benzene rings is 1. The van der Waals surface area contributed by atoms with Gasteiger partial charge in [-0.15, -0.1) is 0 Å². The van der Waals surface area contributed by atoms with Gasteiger partial charge in [-0.05, 0) is 32.9 Å². The van der Waals surface area contributed by atoms with Crippen LogP contribution in [0, 0.1) is 6.92 Å². The van der Waals surface area contributed by atoms with E-state index in [-0.39, 0.29) is 11.8 Å². The van der Waals surface area contributed by atoms with Crippen molar-refractivity contribution in [3.8, 4) is 0 Å². The van der Waals surface area contributed by atoms with Crippen molar-refractivity contribution in [1.29, 1.82) is 0 Å². The summed E-state index contributed by atoms with van der Waals surface area (Å²) in [4.78, 5) is 25.9. The van der Waals surface area contributed by atoms with E-state index in [1.54, 1.807) is 30.9 Å². The van der Waals surface area contributed by atoms with Crippen LogP contribution in [-0.4, -0.2) is 35.3 Å². The summed E-state index contributed by atoms with van der Waals surface area (Å²) in [6.45, 7) is 6.58. The highest BCUT2D eigenvalue weighted by atomic mass is 16.2. The summed E-state index contributed by atoms with van der Waals surface area (Å²) in [5.74, 6) is -0.191. The van der Waals surface area contributed by atoms with Crippen LogP contribution < -0.4 is 5.32 Å². The zero-order chi connectivity index (χ0) is 13.3. The lowest BCUT2D eigenvalue weighted by molar-refractivity contribution is -0.133. The van der Waals surface area contributed by atoms with Crippen molar-refractivity contribution >= 4 is 11.8 Å². The minimum absolute atomic E-state index is 0.0881. The first-order valence-corrected chi connectivity index (χ1v) is 6.10. The van der Waals surface area contributed by atoms with Crippen LogP contribution in [0.15, 0.2) is 24.3 Å². The summed E-state index contributed by atoms with van der Waals surface area (Å²) in [7, 11) is 0. The van der Waals surface area contributed by atoms with E-state index in [0.29, 0.717) is 18.7 Å². The first kappa shape index (κ1) is 12.6. The molecule has 0 atom stereocenters. The van der Waals surface area contributed by atoms with E-state index in [9.17, 15) is 9.59 Å². The molecule has 1 N–H and O–H groups in total. The molecular weight excluding hydrogens is 228 g/mol. The number of piperazine rings is 1. The predicted molar refractivity (Wildman–Crippen MR) is 69.3 cm³/mol. The average Bonchev–Trinajstić information content (AvgIpc) is 2.33. The summed E-state index contributed by atoms with van der Waals surface area (Å²) >= 11 is 0. The molecule has 2 amide bonds. The van der Waals surface area contributed by atoms with Gasteiger partial charge in [0, 0.05) is 18.7 Å². The summed E-state index contributed by atoms with van der Waals surface area (Å²) in [5.41, 5.74) is 0.950. The minimum Gasteiger partial charge on any atom is -0.352 e. The Morgan fingerprint density at radius 1 is 1.28 bits per heavy atom. The number of carbonyl (C=O) groups excluding carboxylic acids is 2. The van der Waals surface area contributed by atoms with Crippen LogP contribution in [-0.2, 0) is 4.79 Å². The van der Waals surface area contributed by atoms with Gasteiger partial charge >= 0.3 is 0 Å². The third-order valence-electron chi connectivity index (χ3n) is 3.40. The molecule has 96 valence electrons. The van der Waals surface area contributed by atoms with Crippen molar-refractivity contribution in [1.82, 2.24) is 10.2 Å². The van der Waals surface area contributed by atoms with E-state index in [2.05, 4.69) is 5.32 Å². The Bertz CT molecular complexity index is 477. The number of amides is 2. The van der Waals surface area contributed by atoms with Gasteiger partial charge in [-0.2, -0.15) is 0 Å². The van der Waals surface area contributed by atoms with Crippen LogP contribution in [0.5, 0.6) is 0 Å². The first-order chi connectivity index (χ1) is 8.43. The fraction of sp³-hybridized carbons (Fsp3) is 0.429. The first-order valence-electron chi connectivity index (χ1n) is 6.10. The van der Waals surface area contributed by atoms with Crippen LogP contribution in [0.4, 0.5) is 0 Å². The molecule has 0 spiro atoms. The van der Waals surface area contributed by atoms with Gasteiger partial charge in [0.05, 0.1) is 0 Å². The van der Waals surface area contributed by atoms with E-state index in [1.165, 1.54) is 0 Å². The fourth-order valence-corrected chi connectivity index (χ4v) is 2.11. The summed E-state index contributed by atoms with van der Waals surface area (Å²) in [6, 6.07) is 7.43. The topological polar surface area (TPSA) is 49.4 Å². The van der Waals surface area contributed by atoms with Crippen molar-refractivity contribution in [2.24, 2.45) is 0 Å². The molecule has 1 aromatic carbocycles. The van der Waals surface area contributed by atoms with Crippen molar-refractivity contribution in [3.63, 3.8) is 0 Å². The molecule has 1 saturated heterocycles. The highest BCUT2D eigenvalue weighted by molar-refractivity contribution is 5.99. The molecule has 1 aliphatic rings. The molecule has 0 unspecified atom stereocenters. The molecule has 1 heterocycles. The molecule has 0 radical (unpaired) electrons. The Morgan fingerprint density at radius 2 is 1.89 bits per heavy atom. The lowest BCUT2D eigenvalue weighted by Crippen LogP contribution is -2.63. The molecule has 0 aromatic heterocycles. The molecule has 4 nitrogen and oxygen atoms in total. The largest absolute Gasteiger partial charge is 0.352 e. The molecule has 2 rings (SSSR count). The highest BCUT2D eigenvalue weighted by Crippen LogP contribution is 2.20. The van der Waals surface area contributed by atoms with E-state index in [0.717, 1.165) is 5.56 Å². The molecule has 1 aromatic rings. The Kier molecular flexibility index (Phi) is 3.11. The number of nitrogens with one attached hydrogen (secondary N) is 1. The summed E-state index contributed by atoms with van der Waals surface area (Å²) < 4.78 is 0. The van der Waals surface area contributed by atoms with Crippen LogP contribution in [0.3, 0.4) is 0 Å². The number of aryl methyl sites for hydroxylation is 1.